The van der Waals surface area contributed by atoms with Gasteiger partial charge in [-0.2, -0.15) is 0 Å². The maximum atomic E-state index is 11.1. The Bertz CT molecular complexity index is 1010. The summed E-state index contributed by atoms with van der Waals surface area (Å²) in [7, 11) is 0. The molecule has 0 unspecified atom stereocenters. The van der Waals surface area contributed by atoms with Crippen LogP contribution in [0.15, 0.2) is 36.4 Å². The molecule has 0 aromatic heterocycles. The number of carboxylic acids is 1. The van der Waals surface area contributed by atoms with E-state index in [1.807, 2.05) is 0 Å². The zero-order chi connectivity index (χ0) is 27.4. The number of carboxylic acid groups (broad SMARTS) is 1. The molecule has 0 saturated carbocycles. The highest BCUT2D eigenvalue weighted by Gasteiger charge is 2.43. The largest absolute Gasteiger partial charge is 0.481 e. The quantitative estimate of drug-likeness (QED) is 0.201. The summed E-state index contributed by atoms with van der Waals surface area (Å²) in [5, 5.41) is 27.7. The Hall–Kier alpha value is -2.17. The van der Waals surface area contributed by atoms with Gasteiger partial charge in [0.1, 0.15) is 0 Å². The lowest BCUT2D eigenvalue weighted by Crippen LogP contribution is -2.27. The van der Waals surface area contributed by atoms with Crippen molar-refractivity contribution in [3.8, 4) is 11.1 Å². The first kappa shape index (κ1) is 29.4. The van der Waals surface area contributed by atoms with Gasteiger partial charge in [-0.05, 0) is 76.3 Å². The zero-order valence-electron chi connectivity index (χ0n) is 23.9. The molecule has 4 nitrogen and oxygen atoms in total. The molecule has 0 radical (unpaired) electrons. The normalized spacial score (nSPS) is 14.6. The monoisotopic (exact) mass is 508 g/mol. The fourth-order valence-corrected chi connectivity index (χ4v) is 5.90. The molecule has 0 heterocycles. The van der Waals surface area contributed by atoms with Crippen LogP contribution in [0.1, 0.15) is 128 Å². The number of unbranched alkanes of at least 4 members (excludes halogenated alkanes) is 4. The van der Waals surface area contributed by atoms with Crippen LogP contribution in [0.3, 0.4) is 0 Å². The first-order valence-electron chi connectivity index (χ1n) is 14.1. The first-order valence-corrected chi connectivity index (χ1v) is 14.1. The number of aliphatic hydroxyl groups excluding tert-OH is 1. The average Bonchev–Trinajstić information content (AvgIpc) is 3.06. The maximum absolute atomic E-state index is 11.1. The third-order valence-electron chi connectivity index (χ3n) is 8.15. The molecular formula is C33H48O4. The molecule has 0 aliphatic heterocycles. The molecule has 3 N–H and O–H groups in total. The van der Waals surface area contributed by atoms with Crippen molar-refractivity contribution in [1.29, 1.82) is 0 Å². The minimum absolute atomic E-state index is 0.0465. The molecule has 2 aromatic carbocycles. The molecule has 37 heavy (non-hydrogen) atoms. The summed E-state index contributed by atoms with van der Waals surface area (Å²) in [4.78, 5) is 11.1. The second-order valence-electron chi connectivity index (χ2n) is 13.1. The highest BCUT2D eigenvalue weighted by atomic mass is 16.5. The Labute approximate surface area is 224 Å². The van der Waals surface area contributed by atoms with Gasteiger partial charge >= 0.3 is 5.97 Å². The van der Waals surface area contributed by atoms with Gasteiger partial charge in [-0.25, -0.2) is 0 Å². The molecular weight excluding hydrogens is 460 g/mol. The van der Waals surface area contributed by atoms with Gasteiger partial charge in [-0.15, -0.1) is 0 Å². The van der Waals surface area contributed by atoms with Crippen LogP contribution >= 0.6 is 0 Å². The van der Waals surface area contributed by atoms with Crippen LogP contribution < -0.4 is 0 Å². The van der Waals surface area contributed by atoms with Crippen molar-refractivity contribution >= 4 is 5.97 Å². The van der Waals surface area contributed by atoms with Gasteiger partial charge in [0.2, 0.25) is 0 Å². The third-order valence-corrected chi connectivity index (χ3v) is 8.15. The average molecular weight is 509 g/mol. The van der Waals surface area contributed by atoms with E-state index in [-0.39, 0.29) is 22.7 Å². The van der Waals surface area contributed by atoms with Crippen LogP contribution in [0.25, 0.3) is 11.1 Å². The van der Waals surface area contributed by atoms with Gasteiger partial charge in [0.25, 0.3) is 0 Å². The molecule has 2 aromatic rings. The molecule has 0 fully saturated rings. The van der Waals surface area contributed by atoms with E-state index in [0.717, 1.165) is 44.9 Å². The van der Waals surface area contributed by atoms with Crippen LogP contribution in [0.4, 0.5) is 0 Å². The number of fused-ring (bicyclic) bond motifs is 3. The number of carbonyl (C=O) groups is 1. The Balaban J connectivity index is 2.08. The van der Waals surface area contributed by atoms with E-state index in [1.165, 1.54) is 33.4 Å². The molecule has 204 valence electrons. The maximum Gasteiger partial charge on any atom is 0.303 e. The number of hydrogen-bond acceptors (Lipinski definition) is 3. The SMILES string of the molecule is CC(C)(C)c1ccc2c(c1)C(CCCCCC(=O)O)(CCCCCC(O)O)c1cc(C(C)(C)C)ccc1-2. The fourth-order valence-electron chi connectivity index (χ4n) is 5.90. The van der Waals surface area contributed by atoms with Gasteiger partial charge in [0.05, 0.1) is 0 Å². The Morgan fingerprint density at radius 1 is 0.730 bits per heavy atom. The van der Waals surface area contributed by atoms with E-state index in [4.69, 9.17) is 5.11 Å². The van der Waals surface area contributed by atoms with Crippen molar-refractivity contribution < 1.29 is 20.1 Å². The van der Waals surface area contributed by atoms with E-state index in [1.54, 1.807) is 0 Å². The summed E-state index contributed by atoms with van der Waals surface area (Å²) in [5.74, 6) is -0.720. The summed E-state index contributed by atoms with van der Waals surface area (Å²) in [6.07, 6.45) is 6.80. The van der Waals surface area contributed by atoms with E-state index in [9.17, 15) is 15.0 Å². The number of aliphatic hydroxyl groups is 2. The van der Waals surface area contributed by atoms with Gasteiger partial charge < -0.3 is 15.3 Å². The Kier molecular flexibility index (Phi) is 9.29. The molecule has 1 aliphatic rings. The predicted molar refractivity (Wildman–Crippen MR) is 152 cm³/mol. The van der Waals surface area contributed by atoms with Crippen LogP contribution in [0.5, 0.6) is 0 Å². The predicted octanol–water partition coefficient (Wildman–Crippen LogP) is 7.84. The lowest BCUT2D eigenvalue weighted by atomic mass is 9.69. The minimum atomic E-state index is -1.24. The second kappa shape index (κ2) is 11.7. The second-order valence-corrected chi connectivity index (χ2v) is 13.1. The van der Waals surface area contributed by atoms with Crippen molar-refractivity contribution in [2.75, 3.05) is 0 Å². The van der Waals surface area contributed by atoms with Crippen molar-refractivity contribution in [3.05, 3.63) is 58.7 Å². The van der Waals surface area contributed by atoms with Gasteiger partial charge in [-0.3, -0.25) is 4.79 Å². The van der Waals surface area contributed by atoms with Crippen molar-refractivity contribution in [2.24, 2.45) is 0 Å². The summed E-state index contributed by atoms with van der Waals surface area (Å²) in [5.41, 5.74) is 8.16. The number of benzene rings is 2. The molecule has 0 amide bonds. The smallest absolute Gasteiger partial charge is 0.303 e. The molecule has 0 spiro atoms. The van der Waals surface area contributed by atoms with E-state index in [2.05, 4.69) is 77.9 Å². The molecule has 1 aliphatic carbocycles. The Morgan fingerprint density at radius 2 is 1.19 bits per heavy atom. The number of rotatable bonds is 12. The summed E-state index contributed by atoms with van der Waals surface area (Å²) >= 11 is 0. The third kappa shape index (κ3) is 7.03. The summed E-state index contributed by atoms with van der Waals surface area (Å²) < 4.78 is 0. The van der Waals surface area contributed by atoms with E-state index in [0.29, 0.717) is 12.8 Å². The summed E-state index contributed by atoms with van der Waals surface area (Å²) in [6, 6.07) is 14.1. The highest BCUT2D eigenvalue weighted by molar-refractivity contribution is 5.82. The Morgan fingerprint density at radius 3 is 1.59 bits per heavy atom. The lowest BCUT2D eigenvalue weighted by molar-refractivity contribution is -0.137. The molecule has 4 heteroatoms. The van der Waals surface area contributed by atoms with E-state index < -0.39 is 12.3 Å². The van der Waals surface area contributed by atoms with Crippen LogP contribution in [-0.4, -0.2) is 27.6 Å². The molecule has 0 saturated heterocycles. The fraction of sp³-hybridized carbons (Fsp3) is 0.606. The standard InChI is InChI=1S/C33H48O4/c1-31(2,3)23-15-17-25-26-18-16-24(32(4,5)6)22-28(26)33(27(25)21-23,19-11-7-9-13-29(34)35)20-12-8-10-14-30(36)37/h15-18,21-22,29,34-35H,7-14,19-20H2,1-6H3,(H,36,37). The minimum Gasteiger partial charge on any atom is -0.481 e. The van der Waals surface area contributed by atoms with E-state index >= 15 is 0 Å². The van der Waals surface area contributed by atoms with Gasteiger partial charge in [0, 0.05) is 11.8 Å². The van der Waals surface area contributed by atoms with Crippen LogP contribution in [0, 0.1) is 0 Å². The first-order chi connectivity index (χ1) is 17.3. The van der Waals surface area contributed by atoms with Gasteiger partial charge in [-0.1, -0.05) is 104 Å². The molecule has 0 bridgehead atoms. The number of aliphatic carboxylic acids is 1. The van der Waals surface area contributed by atoms with Gasteiger partial charge in [0.15, 0.2) is 6.29 Å². The molecule has 3 rings (SSSR count). The summed E-state index contributed by atoms with van der Waals surface area (Å²) in [6.45, 7) is 13.6. The van der Waals surface area contributed by atoms with Crippen molar-refractivity contribution in [2.45, 2.75) is 128 Å². The van der Waals surface area contributed by atoms with Crippen molar-refractivity contribution in [3.63, 3.8) is 0 Å². The number of hydrogen-bond donors (Lipinski definition) is 3. The topological polar surface area (TPSA) is 77.8 Å². The van der Waals surface area contributed by atoms with Crippen LogP contribution in [-0.2, 0) is 21.0 Å². The highest BCUT2D eigenvalue weighted by Crippen LogP contribution is 2.55. The van der Waals surface area contributed by atoms with Crippen molar-refractivity contribution in [1.82, 2.24) is 0 Å². The lowest BCUT2D eigenvalue weighted by Gasteiger charge is -2.35. The van der Waals surface area contributed by atoms with Crippen LogP contribution in [0.2, 0.25) is 0 Å². The molecule has 0 atom stereocenters. The zero-order valence-corrected chi connectivity index (χ0v) is 23.9.